The molecule has 0 saturated heterocycles. The molecule has 0 aliphatic heterocycles. The second kappa shape index (κ2) is 4.52. The summed E-state index contributed by atoms with van der Waals surface area (Å²) in [7, 11) is 0. The Hall–Kier alpha value is -0.570. The fourth-order valence-corrected chi connectivity index (χ4v) is 2.43. The van der Waals surface area contributed by atoms with Crippen LogP contribution in [-0.2, 0) is 6.42 Å². The van der Waals surface area contributed by atoms with Gasteiger partial charge in [-0.2, -0.15) is 0 Å². The van der Waals surface area contributed by atoms with E-state index in [1.807, 2.05) is 17.6 Å². The molecule has 15 heavy (non-hydrogen) atoms. The van der Waals surface area contributed by atoms with Gasteiger partial charge in [0.05, 0.1) is 21.2 Å². The quantitative estimate of drug-likeness (QED) is 0.762. The van der Waals surface area contributed by atoms with Gasteiger partial charge in [-0.1, -0.05) is 36.2 Å². The molecule has 0 atom stereocenters. The van der Waals surface area contributed by atoms with Crippen molar-refractivity contribution >= 4 is 34.5 Å². The van der Waals surface area contributed by atoms with Gasteiger partial charge < -0.3 is 0 Å². The van der Waals surface area contributed by atoms with Gasteiger partial charge in [0.15, 0.2) is 0 Å². The average molecular weight is 258 g/mol. The van der Waals surface area contributed by atoms with Crippen molar-refractivity contribution in [1.29, 1.82) is 0 Å². The van der Waals surface area contributed by atoms with Gasteiger partial charge in [-0.15, -0.1) is 11.3 Å². The van der Waals surface area contributed by atoms with Crippen LogP contribution in [0, 0.1) is 0 Å². The molecule has 0 aliphatic rings. The van der Waals surface area contributed by atoms with Crippen LogP contribution in [-0.4, -0.2) is 4.98 Å². The Balaban J connectivity index is 2.50. The molecule has 1 aromatic carbocycles. The molecular weight excluding hydrogens is 249 g/mol. The first-order valence-electron chi connectivity index (χ1n) is 4.60. The van der Waals surface area contributed by atoms with Gasteiger partial charge in [0.2, 0.25) is 0 Å². The number of nitrogens with zero attached hydrogens (tertiary/aromatic N) is 1. The van der Waals surface area contributed by atoms with Gasteiger partial charge in [0.1, 0.15) is 0 Å². The number of hydrogen-bond acceptors (Lipinski definition) is 2. The van der Waals surface area contributed by atoms with Crippen molar-refractivity contribution in [3.8, 4) is 11.3 Å². The van der Waals surface area contributed by atoms with Crippen molar-refractivity contribution in [1.82, 2.24) is 4.98 Å². The van der Waals surface area contributed by atoms with Gasteiger partial charge in [0.25, 0.3) is 0 Å². The minimum Gasteiger partial charge on any atom is -0.244 e. The van der Waals surface area contributed by atoms with Crippen LogP contribution >= 0.6 is 34.5 Å². The summed E-state index contributed by atoms with van der Waals surface area (Å²) in [6.07, 6.45) is 0.986. The Kier molecular flexibility index (Phi) is 3.29. The molecule has 0 saturated carbocycles. The Morgan fingerprint density at radius 1 is 1.27 bits per heavy atom. The zero-order chi connectivity index (χ0) is 10.8. The lowest BCUT2D eigenvalue weighted by molar-refractivity contribution is 1.17. The van der Waals surface area contributed by atoms with Crippen molar-refractivity contribution in [2.75, 3.05) is 0 Å². The van der Waals surface area contributed by atoms with Crippen molar-refractivity contribution < 1.29 is 0 Å². The summed E-state index contributed by atoms with van der Waals surface area (Å²) in [6.45, 7) is 2.12. The Morgan fingerprint density at radius 3 is 2.73 bits per heavy atom. The number of aryl methyl sites for hydroxylation is 1. The van der Waals surface area contributed by atoms with Crippen molar-refractivity contribution in [2.24, 2.45) is 0 Å². The summed E-state index contributed by atoms with van der Waals surface area (Å²) in [6, 6.07) is 5.61. The van der Waals surface area contributed by atoms with Crippen LogP contribution in [0.4, 0.5) is 0 Å². The van der Waals surface area contributed by atoms with Gasteiger partial charge >= 0.3 is 0 Å². The summed E-state index contributed by atoms with van der Waals surface area (Å²) in [5.74, 6) is 0. The van der Waals surface area contributed by atoms with E-state index in [0.29, 0.717) is 10.0 Å². The van der Waals surface area contributed by atoms with Crippen molar-refractivity contribution in [3.63, 3.8) is 0 Å². The maximum absolute atomic E-state index is 5.97. The summed E-state index contributed by atoms with van der Waals surface area (Å²) in [5.41, 5.74) is 3.90. The first kappa shape index (κ1) is 10.9. The van der Waals surface area contributed by atoms with E-state index in [2.05, 4.69) is 11.9 Å². The normalized spacial score (nSPS) is 10.6. The number of hydrogen-bond donors (Lipinski definition) is 0. The van der Waals surface area contributed by atoms with Crippen LogP contribution in [0.1, 0.15) is 11.8 Å². The molecule has 1 aromatic heterocycles. The maximum Gasteiger partial charge on any atom is 0.0843 e. The summed E-state index contributed by atoms with van der Waals surface area (Å²) >= 11 is 13.5. The van der Waals surface area contributed by atoms with Crippen LogP contribution in [0.2, 0.25) is 10.0 Å². The minimum absolute atomic E-state index is 0.573. The molecule has 78 valence electrons. The molecule has 0 radical (unpaired) electrons. The standard InChI is InChI=1S/C11H9Cl2NS/c1-2-10-11(14-6-15-10)7-3-4-8(12)9(13)5-7/h3-6H,2H2,1H3. The lowest BCUT2D eigenvalue weighted by Crippen LogP contribution is -1.83. The average Bonchev–Trinajstić information content (AvgIpc) is 2.70. The molecule has 0 unspecified atom stereocenters. The number of thiazole rings is 1. The SMILES string of the molecule is CCc1scnc1-c1ccc(Cl)c(Cl)c1. The van der Waals surface area contributed by atoms with E-state index in [-0.39, 0.29) is 0 Å². The second-order valence-corrected chi connectivity index (χ2v) is 4.86. The van der Waals surface area contributed by atoms with E-state index in [0.717, 1.165) is 17.7 Å². The third-order valence-electron chi connectivity index (χ3n) is 2.16. The fourth-order valence-electron chi connectivity index (χ4n) is 1.40. The minimum atomic E-state index is 0.573. The Morgan fingerprint density at radius 2 is 2.07 bits per heavy atom. The van der Waals surface area contributed by atoms with Gasteiger partial charge in [-0.05, 0) is 18.6 Å². The molecule has 1 heterocycles. The van der Waals surface area contributed by atoms with Crippen LogP contribution < -0.4 is 0 Å². The second-order valence-electron chi connectivity index (χ2n) is 3.11. The number of benzene rings is 1. The fraction of sp³-hybridized carbons (Fsp3) is 0.182. The topological polar surface area (TPSA) is 12.9 Å². The molecule has 0 amide bonds. The van der Waals surface area contributed by atoms with Crippen LogP contribution in [0.5, 0.6) is 0 Å². The summed E-state index contributed by atoms with van der Waals surface area (Å²) < 4.78 is 0. The van der Waals surface area contributed by atoms with E-state index in [1.165, 1.54) is 4.88 Å². The zero-order valence-electron chi connectivity index (χ0n) is 8.13. The maximum atomic E-state index is 5.97. The van der Waals surface area contributed by atoms with E-state index in [1.54, 1.807) is 17.4 Å². The lowest BCUT2D eigenvalue weighted by atomic mass is 10.1. The first-order chi connectivity index (χ1) is 7.22. The third kappa shape index (κ3) is 2.17. The molecule has 0 aliphatic carbocycles. The van der Waals surface area contributed by atoms with E-state index >= 15 is 0 Å². The number of rotatable bonds is 2. The van der Waals surface area contributed by atoms with Crippen molar-refractivity contribution in [3.05, 3.63) is 38.6 Å². The van der Waals surface area contributed by atoms with Crippen LogP contribution in [0.25, 0.3) is 11.3 Å². The Labute approximate surface area is 103 Å². The number of halogens is 2. The molecule has 1 nitrogen and oxygen atoms in total. The smallest absolute Gasteiger partial charge is 0.0843 e. The van der Waals surface area contributed by atoms with Crippen LogP contribution in [0.3, 0.4) is 0 Å². The molecule has 2 rings (SSSR count). The van der Waals surface area contributed by atoms with Gasteiger partial charge in [-0.25, -0.2) is 4.98 Å². The predicted molar refractivity (Wildman–Crippen MR) is 66.9 cm³/mol. The molecule has 0 spiro atoms. The highest BCUT2D eigenvalue weighted by atomic mass is 35.5. The monoisotopic (exact) mass is 257 g/mol. The van der Waals surface area contributed by atoms with E-state index in [9.17, 15) is 0 Å². The number of aromatic nitrogens is 1. The zero-order valence-corrected chi connectivity index (χ0v) is 10.5. The van der Waals surface area contributed by atoms with E-state index in [4.69, 9.17) is 23.2 Å². The largest absolute Gasteiger partial charge is 0.244 e. The van der Waals surface area contributed by atoms with Crippen LogP contribution in [0.15, 0.2) is 23.7 Å². The van der Waals surface area contributed by atoms with E-state index < -0.39 is 0 Å². The Bertz CT molecular complexity index is 479. The van der Waals surface area contributed by atoms with Gasteiger partial charge in [0, 0.05) is 10.4 Å². The summed E-state index contributed by atoms with van der Waals surface area (Å²) in [5, 5.41) is 1.15. The van der Waals surface area contributed by atoms with Crippen molar-refractivity contribution in [2.45, 2.75) is 13.3 Å². The molecule has 0 fully saturated rings. The first-order valence-corrected chi connectivity index (χ1v) is 6.23. The predicted octanol–water partition coefficient (Wildman–Crippen LogP) is 4.68. The molecule has 0 N–H and O–H groups in total. The molecule has 2 aromatic rings. The lowest BCUT2D eigenvalue weighted by Gasteiger charge is -2.02. The molecule has 4 heteroatoms. The highest BCUT2D eigenvalue weighted by Gasteiger charge is 2.08. The molecular formula is C11H9Cl2NS. The molecule has 0 bridgehead atoms. The van der Waals surface area contributed by atoms with Gasteiger partial charge in [-0.3, -0.25) is 0 Å². The third-order valence-corrected chi connectivity index (χ3v) is 3.87. The highest BCUT2D eigenvalue weighted by Crippen LogP contribution is 2.31. The summed E-state index contributed by atoms with van der Waals surface area (Å²) in [4.78, 5) is 5.62. The highest BCUT2D eigenvalue weighted by molar-refractivity contribution is 7.10.